The topological polar surface area (TPSA) is 141 Å². The molecule has 0 aromatic heterocycles. The zero-order valence-corrected chi connectivity index (χ0v) is 25.1. The highest BCUT2D eigenvalue weighted by molar-refractivity contribution is 7.93. The Bertz CT molecular complexity index is 2050. The van der Waals surface area contributed by atoms with Crippen LogP contribution in [0.25, 0.3) is 21.5 Å². The molecule has 44 heavy (non-hydrogen) atoms. The molecule has 0 spiro atoms. The smallest absolute Gasteiger partial charge is 0.323 e. The van der Waals surface area contributed by atoms with Gasteiger partial charge in [0.1, 0.15) is 4.75 Å². The lowest BCUT2D eigenvalue weighted by Crippen LogP contribution is -2.65. The first-order valence-corrected chi connectivity index (χ1v) is 17.0. The van der Waals surface area contributed by atoms with Crippen LogP contribution in [0.3, 0.4) is 0 Å². The molecule has 2 unspecified atom stereocenters. The van der Waals surface area contributed by atoms with E-state index in [1.165, 1.54) is 42.5 Å². The Morgan fingerprint density at radius 1 is 0.841 bits per heavy atom. The number of hydrogen-bond acceptors (Lipinski definition) is 6. The summed E-state index contributed by atoms with van der Waals surface area (Å²) in [5, 5.41) is 2.24. The van der Waals surface area contributed by atoms with Gasteiger partial charge in [-0.25, -0.2) is 8.42 Å². The summed E-state index contributed by atoms with van der Waals surface area (Å²) in [7, 11) is -10.5. The average molecular weight is 629 g/mol. The van der Waals surface area contributed by atoms with Gasteiger partial charge in [-0.3, -0.25) is 19.1 Å². The van der Waals surface area contributed by atoms with Crippen LogP contribution in [0.4, 0.5) is 5.69 Å². The fourth-order valence-corrected chi connectivity index (χ4v) is 11.1. The highest BCUT2D eigenvalue weighted by Crippen LogP contribution is 2.68. The number of carbonyl (C=O) groups is 2. The molecule has 6 rings (SSSR count). The van der Waals surface area contributed by atoms with Gasteiger partial charge < -0.3 is 15.1 Å². The molecule has 0 saturated carbocycles. The first-order chi connectivity index (χ1) is 21.1. The number of nitrogens with zero attached hydrogens (tertiary/aromatic N) is 1. The van der Waals surface area contributed by atoms with E-state index in [1.807, 2.05) is 12.1 Å². The van der Waals surface area contributed by atoms with Crippen LogP contribution in [-0.4, -0.2) is 48.4 Å². The predicted octanol–water partition coefficient (Wildman–Crippen LogP) is 4.76. The van der Waals surface area contributed by atoms with Crippen molar-refractivity contribution in [3.63, 3.8) is 0 Å². The zero-order chi connectivity index (χ0) is 31.2. The van der Waals surface area contributed by atoms with E-state index in [-0.39, 0.29) is 40.9 Å². The minimum absolute atomic E-state index is 0.0416. The lowest BCUT2D eigenvalue weighted by molar-refractivity contribution is -0.125. The highest BCUT2D eigenvalue weighted by atomic mass is 32.2. The summed E-state index contributed by atoms with van der Waals surface area (Å²) in [4.78, 5) is 51.6. The lowest BCUT2D eigenvalue weighted by atomic mass is 9.79. The molecule has 1 aliphatic rings. The molecule has 2 atom stereocenters. The third kappa shape index (κ3) is 4.33. The molecular formula is C33H29N2O7PS. The van der Waals surface area contributed by atoms with Crippen LogP contribution in [0.5, 0.6) is 0 Å². The van der Waals surface area contributed by atoms with Crippen LogP contribution in [-0.2, 0) is 29.1 Å². The van der Waals surface area contributed by atoms with Gasteiger partial charge in [-0.1, -0.05) is 91.0 Å². The standard InChI is InChI=1S/C33H29N2O7PS/c36-23-35(27-18-17-24-9-4-5-11-26(24)21-27)31(37)33(43(38,39)40,30-16-8-12-25-10-6-7-15-29(25)30)32(19-20-34-22-32)44(41,42)28-13-2-1-3-14-28/h1-18,21,23,34H,19-20,22H2,(H2,38,39,40). The zero-order valence-electron chi connectivity index (χ0n) is 23.4. The number of benzene rings is 5. The van der Waals surface area contributed by atoms with Crippen LogP contribution in [0.2, 0.25) is 0 Å². The molecule has 0 bridgehead atoms. The minimum Gasteiger partial charge on any atom is -0.323 e. The van der Waals surface area contributed by atoms with Crippen molar-refractivity contribution in [2.75, 3.05) is 18.0 Å². The maximum atomic E-state index is 15.2. The van der Waals surface area contributed by atoms with E-state index in [9.17, 15) is 27.6 Å². The summed E-state index contributed by atoms with van der Waals surface area (Å²) in [6, 6.07) is 30.6. The third-order valence-electron chi connectivity index (χ3n) is 8.60. The summed E-state index contributed by atoms with van der Waals surface area (Å²) in [5.74, 6) is -1.34. The maximum Gasteiger partial charge on any atom is 0.347 e. The summed E-state index contributed by atoms with van der Waals surface area (Å²) < 4.78 is 41.6. The monoisotopic (exact) mass is 628 g/mol. The van der Waals surface area contributed by atoms with Gasteiger partial charge in [-0.05, 0) is 64.3 Å². The van der Waals surface area contributed by atoms with Crippen molar-refractivity contribution in [2.24, 2.45) is 0 Å². The number of nitrogens with one attached hydrogen (secondary N) is 1. The van der Waals surface area contributed by atoms with Gasteiger partial charge in [-0.15, -0.1) is 0 Å². The molecule has 1 saturated heterocycles. The van der Waals surface area contributed by atoms with E-state index >= 15 is 4.79 Å². The van der Waals surface area contributed by atoms with Crippen LogP contribution in [0, 0.1) is 0 Å². The van der Waals surface area contributed by atoms with Crippen LogP contribution >= 0.6 is 7.60 Å². The van der Waals surface area contributed by atoms with Crippen molar-refractivity contribution in [1.82, 2.24) is 5.32 Å². The van der Waals surface area contributed by atoms with Gasteiger partial charge in [-0.2, -0.15) is 0 Å². The SMILES string of the molecule is O=CN(C(=O)C(c1cccc2ccccc12)(C1(S(=O)(=O)c2ccccc2)CCNC1)P(=O)(O)O)c1ccc2ccccc2c1. The van der Waals surface area contributed by atoms with Crippen LogP contribution in [0.15, 0.2) is 120 Å². The number of fused-ring (bicyclic) bond motifs is 2. The third-order valence-corrected chi connectivity index (χ3v) is 13.1. The molecule has 1 aliphatic heterocycles. The van der Waals surface area contributed by atoms with Gasteiger partial charge >= 0.3 is 7.60 Å². The Balaban J connectivity index is 1.75. The molecule has 0 radical (unpaired) electrons. The fraction of sp³-hybridized carbons (Fsp3) is 0.152. The average Bonchev–Trinajstić information content (AvgIpc) is 3.54. The predicted molar refractivity (Wildman–Crippen MR) is 169 cm³/mol. The van der Waals surface area contributed by atoms with E-state index in [0.29, 0.717) is 15.7 Å². The summed E-state index contributed by atoms with van der Waals surface area (Å²) >= 11 is 0. The van der Waals surface area contributed by atoms with Crippen LogP contribution < -0.4 is 10.2 Å². The number of carbonyl (C=O) groups excluding carboxylic acids is 2. The quantitative estimate of drug-likeness (QED) is 0.165. The molecule has 5 aromatic carbocycles. The van der Waals surface area contributed by atoms with Gasteiger partial charge in [0.25, 0.3) is 5.91 Å². The van der Waals surface area contributed by atoms with Crippen molar-refractivity contribution in [2.45, 2.75) is 21.2 Å². The fourth-order valence-electron chi connectivity index (χ4n) is 6.60. The van der Waals surface area contributed by atoms with Crippen molar-refractivity contribution in [1.29, 1.82) is 0 Å². The summed E-state index contributed by atoms with van der Waals surface area (Å²) in [5.41, 5.74) is -0.134. The van der Waals surface area contributed by atoms with Crippen molar-refractivity contribution >= 4 is 57.0 Å². The van der Waals surface area contributed by atoms with Crippen LogP contribution in [0.1, 0.15) is 12.0 Å². The second-order valence-corrected chi connectivity index (χ2v) is 14.8. The molecule has 11 heteroatoms. The van der Waals surface area contributed by atoms with Crippen molar-refractivity contribution < 1.29 is 32.4 Å². The number of amides is 2. The maximum absolute atomic E-state index is 15.2. The Labute approximate surface area is 254 Å². The van der Waals surface area contributed by atoms with Crippen molar-refractivity contribution in [3.05, 3.63) is 121 Å². The van der Waals surface area contributed by atoms with E-state index < -0.39 is 39.8 Å². The molecule has 9 nitrogen and oxygen atoms in total. The molecule has 2 amide bonds. The first-order valence-electron chi connectivity index (χ1n) is 13.9. The Hall–Kier alpha value is -4.18. The van der Waals surface area contributed by atoms with E-state index in [4.69, 9.17) is 0 Å². The molecule has 224 valence electrons. The number of imide groups is 1. The number of anilines is 1. The van der Waals surface area contributed by atoms with E-state index in [1.54, 1.807) is 60.7 Å². The Morgan fingerprint density at radius 2 is 1.48 bits per heavy atom. The van der Waals surface area contributed by atoms with E-state index in [2.05, 4.69) is 5.32 Å². The second-order valence-electron chi connectivity index (χ2n) is 10.8. The Morgan fingerprint density at radius 3 is 2.14 bits per heavy atom. The molecule has 1 heterocycles. The number of rotatable bonds is 8. The largest absolute Gasteiger partial charge is 0.347 e. The minimum atomic E-state index is -5.83. The first kappa shape index (κ1) is 29.9. The number of sulfone groups is 1. The highest BCUT2D eigenvalue weighted by Gasteiger charge is 2.75. The summed E-state index contributed by atoms with van der Waals surface area (Å²) in [6.45, 7) is -0.391. The number of hydrogen-bond donors (Lipinski definition) is 3. The normalized spacial score (nSPS) is 18.6. The lowest BCUT2D eigenvalue weighted by Gasteiger charge is -2.47. The van der Waals surface area contributed by atoms with Gasteiger partial charge in [0.15, 0.2) is 15.0 Å². The van der Waals surface area contributed by atoms with Gasteiger partial charge in [0, 0.05) is 6.54 Å². The van der Waals surface area contributed by atoms with E-state index in [0.717, 1.165) is 5.39 Å². The molecular weight excluding hydrogens is 599 g/mol. The summed E-state index contributed by atoms with van der Waals surface area (Å²) in [6.07, 6.45) is -0.123. The molecule has 0 aliphatic carbocycles. The van der Waals surface area contributed by atoms with Gasteiger partial charge in [0.05, 0.1) is 10.6 Å². The van der Waals surface area contributed by atoms with Gasteiger partial charge in [0.2, 0.25) is 6.41 Å². The Kier molecular flexibility index (Phi) is 7.52. The second kappa shape index (κ2) is 11.1. The molecule has 1 fully saturated rings. The van der Waals surface area contributed by atoms with Crippen molar-refractivity contribution in [3.8, 4) is 0 Å². The molecule has 5 aromatic rings. The molecule has 3 N–H and O–H groups in total.